The summed E-state index contributed by atoms with van der Waals surface area (Å²) in [6, 6.07) is 0. The highest BCUT2D eigenvalue weighted by atomic mass is 16.6. The molecule has 0 rings (SSSR count). The second-order valence-corrected chi connectivity index (χ2v) is 20.9. The van der Waals surface area contributed by atoms with Crippen molar-refractivity contribution in [2.45, 2.75) is 271 Å². The van der Waals surface area contributed by atoms with E-state index in [-0.39, 0.29) is 38.0 Å². The minimum absolute atomic E-state index is 0.114. The first-order valence-electron chi connectivity index (χ1n) is 32.6. The van der Waals surface area contributed by atoms with E-state index in [1.54, 1.807) is 6.08 Å². The maximum absolute atomic E-state index is 12.9. The van der Waals surface area contributed by atoms with Crippen LogP contribution in [0.3, 0.4) is 0 Å². The van der Waals surface area contributed by atoms with Crippen molar-refractivity contribution in [2.75, 3.05) is 13.2 Å². The highest BCUT2D eigenvalue weighted by Crippen LogP contribution is 2.14. The molecule has 0 aromatic carbocycles. The van der Waals surface area contributed by atoms with Gasteiger partial charge in [-0.3, -0.25) is 14.4 Å². The van der Waals surface area contributed by atoms with Crippen molar-refractivity contribution in [3.63, 3.8) is 0 Å². The molecule has 0 aliphatic heterocycles. The van der Waals surface area contributed by atoms with E-state index in [1.807, 2.05) is 6.08 Å². The minimum atomic E-state index is -0.840. The Morgan fingerprint density at radius 2 is 0.531 bits per heavy atom. The minimum Gasteiger partial charge on any atom is -0.462 e. The number of esters is 3. The Balaban J connectivity index is 4.51. The van der Waals surface area contributed by atoms with E-state index in [0.29, 0.717) is 6.42 Å². The van der Waals surface area contributed by atoms with Gasteiger partial charge >= 0.3 is 17.9 Å². The predicted octanol–water partition coefficient (Wildman–Crippen LogP) is 22.7. The van der Waals surface area contributed by atoms with E-state index in [4.69, 9.17) is 14.2 Å². The van der Waals surface area contributed by atoms with Crippen LogP contribution in [0.2, 0.25) is 0 Å². The molecule has 0 bridgehead atoms. The fraction of sp³-hybridized carbons (Fsp3) is 0.587. The van der Waals surface area contributed by atoms with Gasteiger partial charge in [0.15, 0.2) is 6.10 Å². The molecule has 0 amide bonds. The molecule has 81 heavy (non-hydrogen) atoms. The summed E-state index contributed by atoms with van der Waals surface area (Å²) in [5, 5.41) is 0. The fourth-order valence-corrected chi connectivity index (χ4v) is 8.41. The normalized spacial score (nSPS) is 13.3. The van der Waals surface area contributed by atoms with Gasteiger partial charge in [-0.1, -0.05) is 281 Å². The Morgan fingerprint density at radius 1 is 0.272 bits per heavy atom. The number of hydrogen-bond acceptors (Lipinski definition) is 6. The SMILES string of the molecule is CC/C=C\C/C=C\C/C=C\C/C=C\C/C=C\C/C=C\CCCCCCCCC(=O)OCC(COC(=O)C/C=C\C/C=C\C/C=C\C/C=C\C/C=C\CC)OC(=O)CCCCCCCCCC/C=C\C/C=C\C/C=C\CCCCCCC. The molecule has 0 heterocycles. The lowest BCUT2D eigenvalue weighted by Gasteiger charge is -2.18. The van der Waals surface area contributed by atoms with Crippen LogP contribution >= 0.6 is 0 Å². The number of carbonyl (C=O) groups excluding carboxylic acids is 3. The summed E-state index contributed by atoms with van der Waals surface area (Å²) in [6.07, 6.45) is 99.5. The molecule has 454 valence electrons. The Bertz CT molecular complexity index is 1860. The van der Waals surface area contributed by atoms with Gasteiger partial charge in [0.2, 0.25) is 0 Å². The molecule has 0 saturated heterocycles. The molecule has 1 unspecified atom stereocenters. The van der Waals surface area contributed by atoms with Crippen LogP contribution in [0.25, 0.3) is 0 Å². The number of ether oxygens (including phenoxy) is 3. The number of rotatable bonds is 57. The first kappa shape index (κ1) is 75.8. The lowest BCUT2D eigenvalue weighted by Crippen LogP contribution is -2.30. The lowest BCUT2D eigenvalue weighted by molar-refractivity contribution is -0.166. The topological polar surface area (TPSA) is 78.9 Å². The number of allylic oxidation sites excluding steroid dienone is 27. The quantitative estimate of drug-likeness (QED) is 0.0261. The molecule has 0 fully saturated rings. The molecule has 1 atom stereocenters. The van der Waals surface area contributed by atoms with Crippen LogP contribution in [-0.4, -0.2) is 37.2 Å². The first-order valence-corrected chi connectivity index (χ1v) is 32.6. The van der Waals surface area contributed by atoms with Gasteiger partial charge in [-0.2, -0.15) is 0 Å². The molecule has 6 heteroatoms. The van der Waals surface area contributed by atoms with Crippen LogP contribution < -0.4 is 0 Å². The van der Waals surface area contributed by atoms with Crippen LogP contribution in [0.4, 0.5) is 0 Å². The molecule has 0 aromatic rings. The molecule has 0 aliphatic rings. The second kappa shape index (κ2) is 67.3. The van der Waals surface area contributed by atoms with Crippen molar-refractivity contribution < 1.29 is 28.6 Å². The highest BCUT2D eigenvalue weighted by molar-refractivity contribution is 5.72. The molecule has 0 aliphatic carbocycles. The average Bonchev–Trinajstić information content (AvgIpc) is 3.47. The Hall–Kier alpha value is -5.23. The predicted molar refractivity (Wildman–Crippen MR) is 352 cm³/mol. The zero-order valence-electron chi connectivity index (χ0n) is 52.0. The third kappa shape index (κ3) is 65.5. The molecule has 0 saturated carbocycles. The summed E-state index contributed by atoms with van der Waals surface area (Å²) in [6.45, 7) is 6.29. The molecule has 0 N–H and O–H groups in total. The summed E-state index contributed by atoms with van der Waals surface area (Å²) in [5.74, 6) is -1.09. The van der Waals surface area contributed by atoms with Crippen molar-refractivity contribution in [3.8, 4) is 0 Å². The molecular weight excluding hydrogens is 997 g/mol. The number of carbonyl (C=O) groups is 3. The maximum Gasteiger partial charge on any atom is 0.309 e. The Kier molecular flexibility index (Phi) is 62.9. The zero-order chi connectivity index (χ0) is 58.5. The van der Waals surface area contributed by atoms with Gasteiger partial charge < -0.3 is 14.2 Å². The van der Waals surface area contributed by atoms with Crippen LogP contribution in [-0.2, 0) is 28.6 Å². The molecule has 0 radical (unpaired) electrons. The van der Waals surface area contributed by atoms with Gasteiger partial charge in [-0.25, -0.2) is 0 Å². The number of hydrogen-bond donors (Lipinski definition) is 0. The Labute approximate surface area is 498 Å². The van der Waals surface area contributed by atoms with Gasteiger partial charge in [-0.05, 0) is 135 Å². The van der Waals surface area contributed by atoms with Crippen LogP contribution in [0.5, 0.6) is 0 Å². The smallest absolute Gasteiger partial charge is 0.309 e. The van der Waals surface area contributed by atoms with Gasteiger partial charge in [-0.15, -0.1) is 0 Å². The summed E-state index contributed by atoms with van der Waals surface area (Å²) in [5.41, 5.74) is 0. The Morgan fingerprint density at radius 3 is 0.864 bits per heavy atom. The van der Waals surface area contributed by atoms with Gasteiger partial charge in [0.25, 0.3) is 0 Å². The van der Waals surface area contributed by atoms with E-state index in [0.717, 1.165) is 141 Å². The molecule has 0 spiro atoms. The second-order valence-electron chi connectivity index (χ2n) is 20.9. The van der Waals surface area contributed by atoms with Crippen LogP contribution in [0, 0.1) is 0 Å². The van der Waals surface area contributed by atoms with Crippen molar-refractivity contribution in [1.29, 1.82) is 0 Å². The largest absolute Gasteiger partial charge is 0.462 e. The summed E-state index contributed by atoms with van der Waals surface area (Å²) in [4.78, 5) is 38.3. The molecule has 0 aromatic heterocycles. The molecular formula is C75H118O6. The van der Waals surface area contributed by atoms with E-state index in [9.17, 15) is 14.4 Å². The summed E-state index contributed by atoms with van der Waals surface area (Å²) >= 11 is 0. The highest BCUT2D eigenvalue weighted by Gasteiger charge is 2.19. The monoisotopic (exact) mass is 1110 g/mol. The average molecular weight is 1120 g/mol. The van der Waals surface area contributed by atoms with E-state index >= 15 is 0 Å². The summed E-state index contributed by atoms with van der Waals surface area (Å²) in [7, 11) is 0. The van der Waals surface area contributed by atoms with Crippen LogP contribution in [0.15, 0.2) is 170 Å². The van der Waals surface area contributed by atoms with E-state index < -0.39 is 12.1 Å². The third-order valence-electron chi connectivity index (χ3n) is 13.2. The van der Waals surface area contributed by atoms with Gasteiger partial charge in [0.05, 0.1) is 6.42 Å². The van der Waals surface area contributed by atoms with Gasteiger partial charge in [0.1, 0.15) is 13.2 Å². The maximum atomic E-state index is 12.9. The van der Waals surface area contributed by atoms with E-state index in [1.165, 1.54) is 83.5 Å². The standard InChI is InChI=1S/C75H118O6/c1-4-7-10-13-16-19-22-25-28-30-32-34-36-37-39-40-42-44-47-50-53-56-59-62-65-68-74(77)80-71-72(70-79-73(76)67-64-61-58-55-52-49-46-27-24-21-18-15-12-9-6-3)81-75(78)69-66-63-60-57-54-51-48-45-43-41-38-35-33-31-29-26-23-20-17-14-11-8-5-2/h7,9-10,12,16,18-19,21,23,25-28,31-34,37-39,41-42,44,46,52,55,61,64,72H,4-6,8,11,13-15,17,20,22,24,29-30,35-36,40,43,45,47-51,53-54,56-60,62-63,65-71H2,1-3H3/b10-7-,12-9-,19-16-,21-18-,26-23-,28-25-,33-31-,34-32-,39-37-,41-38-,44-42-,46-27-,55-52-,64-61-. The van der Waals surface area contributed by atoms with Crippen molar-refractivity contribution in [2.24, 2.45) is 0 Å². The van der Waals surface area contributed by atoms with Crippen molar-refractivity contribution in [1.82, 2.24) is 0 Å². The fourth-order valence-electron chi connectivity index (χ4n) is 8.41. The van der Waals surface area contributed by atoms with Gasteiger partial charge in [0, 0.05) is 12.8 Å². The number of unbranched alkanes of at least 4 members (excludes halogenated alkanes) is 19. The molecule has 6 nitrogen and oxygen atoms in total. The van der Waals surface area contributed by atoms with Crippen molar-refractivity contribution in [3.05, 3.63) is 170 Å². The van der Waals surface area contributed by atoms with Crippen LogP contribution in [0.1, 0.15) is 265 Å². The first-order chi connectivity index (χ1) is 40.0. The lowest BCUT2D eigenvalue weighted by atomic mass is 10.1. The van der Waals surface area contributed by atoms with Crippen molar-refractivity contribution >= 4 is 17.9 Å². The zero-order valence-corrected chi connectivity index (χ0v) is 52.0. The van der Waals surface area contributed by atoms with E-state index in [2.05, 4.69) is 179 Å². The third-order valence-corrected chi connectivity index (χ3v) is 13.2. The summed E-state index contributed by atoms with van der Waals surface area (Å²) < 4.78 is 16.8.